The first kappa shape index (κ1) is 11.1. The molecule has 1 spiro atoms. The molecule has 2 fully saturated rings. The Morgan fingerprint density at radius 1 is 1.29 bits per heavy atom. The minimum Gasteiger partial charge on any atom is -0.456 e. The van der Waals surface area contributed by atoms with Crippen LogP contribution in [0.1, 0.15) is 46.0 Å². The molecule has 0 unspecified atom stereocenters. The van der Waals surface area contributed by atoms with E-state index in [1.807, 2.05) is 0 Å². The van der Waals surface area contributed by atoms with Crippen molar-refractivity contribution < 1.29 is 14.3 Å². The van der Waals surface area contributed by atoms with Gasteiger partial charge in [-0.15, -0.1) is 0 Å². The van der Waals surface area contributed by atoms with E-state index < -0.39 is 5.79 Å². The predicted molar refractivity (Wildman–Crippen MR) is 62.9 cm³/mol. The van der Waals surface area contributed by atoms with Gasteiger partial charge in [-0.2, -0.15) is 0 Å². The highest BCUT2D eigenvalue weighted by Crippen LogP contribution is 2.59. The zero-order valence-corrected chi connectivity index (χ0v) is 10.6. The summed E-state index contributed by atoms with van der Waals surface area (Å²) in [4.78, 5) is 11.9. The summed E-state index contributed by atoms with van der Waals surface area (Å²) in [7, 11) is 0. The van der Waals surface area contributed by atoms with Crippen LogP contribution in [0.15, 0.2) is 12.5 Å². The molecular formula is C14H20O3. The van der Waals surface area contributed by atoms with Crippen molar-refractivity contribution in [3.63, 3.8) is 0 Å². The van der Waals surface area contributed by atoms with Crippen LogP contribution in [0.25, 0.3) is 0 Å². The molecule has 2 aliphatic carbocycles. The number of Topliss-reactive ketones (excluding diaryl/α,β-unsaturated/α-hetero) is 1. The van der Waals surface area contributed by atoms with Crippen LogP contribution in [0.2, 0.25) is 0 Å². The van der Waals surface area contributed by atoms with Gasteiger partial charge in [0.2, 0.25) is 0 Å². The Kier molecular flexibility index (Phi) is 2.29. The summed E-state index contributed by atoms with van der Waals surface area (Å²) in [5.41, 5.74) is -0.0257. The van der Waals surface area contributed by atoms with E-state index in [2.05, 4.69) is 13.8 Å². The van der Waals surface area contributed by atoms with Crippen LogP contribution in [0.3, 0.4) is 0 Å². The van der Waals surface area contributed by atoms with Crippen LogP contribution in [-0.4, -0.2) is 11.6 Å². The Hall–Kier alpha value is -0.990. The van der Waals surface area contributed by atoms with Crippen molar-refractivity contribution in [1.82, 2.24) is 0 Å². The molecule has 1 aliphatic heterocycles. The molecule has 3 atom stereocenters. The molecule has 1 heterocycles. The van der Waals surface area contributed by atoms with Crippen molar-refractivity contribution in [3.05, 3.63) is 12.5 Å². The molecule has 3 nitrogen and oxygen atoms in total. The molecule has 3 aliphatic rings. The lowest BCUT2D eigenvalue weighted by atomic mass is 9.54. The Morgan fingerprint density at radius 3 is 2.71 bits per heavy atom. The number of ketones is 1. The maximum absolute atomic E-state index is 11.9. The zero-order valence-electron chi connectivity index (χ0n) is 10.6. The molecule has 0 amide bonds. The normalized spacial score (nSPS) is 43.1. The van der Waals surface area contributed by atoms with E-state index in [1.165, 1.54) is 0 Å². The molecule has 0 aromatic heterocycles. The Labute approximate surface area is 102 Å². The lowest BCUT2D eigenvalue weighted by Gasteiger charge is -2.55. The summed E-state index contributed by atoms with van der Waals surface area (Å²) in [5.74, 6) is 0.469. The highest BCUT2D eigenvalue weighted by molar-refractivity contribution is 5.82. The second-order valence-corrected chi connectivity index (χ2v) is 5.93. The monoisotopic (exact) mass is 236 g/mol. The van der Waals surface area contributed by atoms with Crippen molar-refractivity contribution in [2.45, 2.75) is 51.7 Å². The molecule has 3 heteroatoms. The van der Waals surface area contributed by atoms with E-state index in [0.29, 0.717) is 18.1 Å². The van der Waals surface area contributed by atoms with E-state index in [-0.39, 0.29) is 11.3 Å². The summed E-state index contributed by atoms with van der Waals surface area (Å²) in [6, 6.07) is 0. The SMILES string of the molecule is C[C@@H]1C(=O)CC[C@@]2(C)[C@@H]1CCCC21OC=CO1. The molecular weight excluding hydrogens is 216 g/mol. The topological polar surface area (TPSA) is 35.5 Å². The van der Waals surface area contributed by atoms with Crippen LogP contribution in [-0.2, 0) is 14.3 Å². The average Bonchev–Trinajstić information content (AvgIpc) is 2.78. The number of carbonyl (C=O) groups is 1. The van der Waals surface area contributed by atoms with Crippen LogP contribution in [0.4, 0.5) is 0 Å². The molecule has 0 bridgehead atoms. The fourth-order valence-corrected chi connectivity index (χ4v) is 4.14. The molecule has 0 aromatic carbocycles. The highest BCUT2D eigenvalue weighted by atomic mass is 16.7. The number of rotatable bonds is 0. The third-order valence-electron chi connectivity index (χ3n) is 5.28. The Bertz CT molecular complexity index is 366. The molecule has 3 rings (SSSR count). The second-order valence-electron chi connectivity index (χ2n) is 5.93. The van der Waals surface area contributed by atoms with Gasteiger partial charge in [0.1, 0.15) is 18.3 Å². The van der Waals surface area contributed by atoms with Gasteiger partial charge in [-0.05, 0) is 25.2 Å². The summed E-state index contributed by atoms with van der Waals surface area (Å²) in [5, 5.41) is 0. The van der Waals surface area contributed by atoms with Crippen LogP contribution in [0.5, 0.6) is 0 Å². The Balaban J connectivity index is 1.97. The number of ether oxygens (including phenoxy) is 2. The van der Waals surface area contributed by atoms with Gasteiger partial charge in [0.25, 0.3) is 5.79 Å². The van der Waals surface area contributed by atoms with E-state index in [0.717, 1.165) is 25.7 Å². The molecule has 94 valence electrons. The molecule has 17 heavy (non-hydrogen) atoms. The van der Waals surface area contributed by atoms with Crippen molar-refractivity contribution in [2.24, 2.45) is 17.3 Å². The number of carbonyl (C=O) groups excluding carboxylic acids is 1. The van der Waals surface area contributed by atoms with Crippen LogP contribution in [0, 0.1) is 17.3 Å². The molecule has 0 radical (unpaired) electrons. The smallest absolute Gasteiger partial charge is 0.255 e. The van der Waals surface area contributed by atoms with E-state index >= 15 is 0 Å². The van der Waals surface area contributed by atoms with Gasteiger partial charge in [-0.3, -0.25) is 4.79 Å². The van der Waals surface area contributed by atoms with Crippen LogP contribution < -0.4 is 0 Å². The second kappa shape index (κ2) is 3.50. The van der Waals surface area contributed by atoms with E-state index in [4.69, 9.17) is 9.47 Å². The molecule has 0 aromatic rings. The number of hydrogen-bond acceptors (Lipinski definition) is 3. The average molecular weight is 236 g/mol. The van der Waals surface area contributed by atoms with Crippen molar-refractivity contribution in [3.8, 4) is 0 Å². The molecule has 2 saturated carbocycles. The predicted octanol–water partition coefficient (Wildman–Crippen LogP) is 3.01. The maximum Gasteiger partial charge on any atom is 0.255 e. The van der Waals surface area contributed by atoms with Gasteiger partial charge in [0.05, 0.1) is 0 Å². The Morgan fingerprint density at radius 2 is 2.00 bits per heavy atom. The number of hydrogen-bond donors (Lipinski definition) is 0. The summed E-state index contributed by atoms with van der Waals surface area (Å²) in [6.07, 6.45) is 8.03. The van der Waals surface area contributed by atoms with Gasteiger partial charge in [0, 0.05) is 24.2 Å². The quantitative estimate of drug-likeness (QED) is 0.648. The summed E-state index contributed by atoms with van der Waals surface area (Å²) < 4.78 is 11.6. The van der Waals surface area contributed by atoms with Crippen LogP contribution >= 0.6 is 0 Å². The summed E-state index contributed by atoms with van der Waals surface area (Å²) in [6.45, 7) is 4.32. The van der Waals surface area contributed by atoms with E-state index in [1.54, 1.807) is 12.5 Å². The third kappa shape index (κ3) is 1.31. The van der Waals surface area contributed by atoms with Gasteiger partial charge in [-0.25, -0.2) is 0 Å². The van der Waals surface area contributed by atoms with Crippen molar-refractivity contribution >= 4 is 5.78 Å². The van der Waals surface area contributed by atoms with Gasteiger partial charge < -0.3 is 9.47 Å². The van der Waals surface area contributed by atoms with E-state index in [9.17, 15) is 4.79 Å². The summed E-state index contributed by atoms with van der Waals surface area (Å²) >= 11 is 0. The van der Waals surface area contributed by atoms with Crippen molar-refractivity contribution in [1.29, 1.82) is 0 Å². The lowest BCUT2D eigenvalue weighted by molar-refractivity contribution is -0.268. The first-order valence-corrected chi connectivity index (χ1v) is 6.62. The maximum atomic E-state index is 11.9. The fourth-order valence-electron chi connectivity index (χ4n) is 4.14. The third-order valence-corrected chi connectivity index (χ3v) is 5.28. The van der Waals surface area contributed by atoms with Gasteiger partial charge in [0.15, 0.2) is 0 Å². The highest BCUT2D eigenvalue weighted by Gasteiger charge is 2.62. The van der Waals surface area contributed by atoms with Gasteiger partial charge >= 0.3 is 0 Å². The van der Waals surface area contributed by atoms with Crippen molar-refractivity contribution in [2.75, 3.05) is 0 Å². The first-order valence-electron chi connectivity index (χ1n) is 6.62. The number of fused-ring (bicyclic) bond motifs is 2. The molecule has 0 saturated heterocycles. The molecule has 0 N–H and O–H groups in total. The first-order chi connectivity index (χ1) is 8.09. The standard InChI is InChI=1S/C14H20O3/c1-10-11-4-3-6-14(16-8-9-17-14)13(11,2)7-5-12(10)15/h8-11H,3-7H2,1-2H3/t10-,11+,13-/m0/s1. The zero-order chi connectivity index (χ0) is 12.1. The minimum absolute atomic E-state index is 0.0257. The lowest BCUT2D eigenvalue weighted by Crippen LogP contribution is -2.58. The largest absolute Gasteiger partial charge is 0.456 e. The minimum atomic E-state index is -0.495. The van der Waals surface area contributed by atoms with Gasteiger partial charge in [-0.1, -0.05) is 13.8 Å². The fraction of sp³-hybridized carbons (Fsp3) is 0.786.